The fraction of sp³-hybridized carbons (Fsp3) is 0.200. The molecule has 0 radical (unpaired) electrons. The average Bonchev–Trinajstić information content (AvgIpc) is 1.52. The van der Waals surface area contributed by atoms with Crippen LogP contribution in [0.15, 0.2) is 298 Å². The van der Waals surface area contributed by atoms with Crippen molar-refractivity contribution in [1.82, 2.24) is 19.9 Å². The summed E-state index contributed by atoms with van der Waals surface area (Å²) in [6.45, 7) is 10.1. The number of hydrogen-bond donors (Lipinski definition) is 0. The maximum atomic E-state index is 13.4. The Morgan fingerprint density at radius 1 is 0.252 bits per heavy atom. The summed E-state index contributed by atoms with van der Waals surface area (Å²) in [5, 5.41) is 0. The fourth-order valence-electron chi connectivity index (χ4n) is 17.9. The second-order valence-corrected chi connectivity index (χ2v) is 33.5. The summed E-state index contributed by atoms with van der Waals surface area (Å²) in [6, 6.07) is 83.0. The average molecular weight is 1570 g/mol. The normalized spacial score (nSPS) is 15.7. The van der Waals surface area contributed by atoms with Crippen LogP contribution >= 0.6 is 0 Å². The number of aromatic nitrogens is 8. The van der Waals surface area contributed by atoms with Gasteiger partial charge in [-0.15, -0.1) is 0 Å². The van der Waals surface area contributed by atoms with Gasteiger partial charge in [0.2, 0.25) is 22.8 Å². The molecule has 16 aromatic rings. The Balaban J connectivity index is 0.000000123. The zero-order valence-electron chi connectivity index (χ0n) is 81.7. The van der Waals surface area contributed by atoms with Gasteiger partial charge in [-0.25, -0.2) is 22.7 Å². The van der Waals surface area contributed by atoms with Crippen molar-refractivity contribution in [1.29, 1.82) is 0 Å². The Hall–Kier alpha value is -13.1. The fourth-order valence-corrected chi connectivity index (χ4v) is 17.9. The molecule has 0 N–H and O–H groups in total. The quantitative estimate of drug-likeness (QED) is 0.142. The van der Waals surface area contributed by atoms with E-state index in [1.165, 1.54) is 114 Å². The minimum Gasteiger partial charge on any atom is -0.260 e. The smallest absolute Gasteiger partial charge is 0.213 e. The molecule has 0 saturated heterocycles. The molecule has 0 atom stereocenters. The highest BCUT2D eigenvalue weighted by atomic mass is 19.1. The van der Waals surface area contributed by atoms with E-state index in [-0.39, 0.29) is 39.2 Å². The Morgan fingerprint density at radius 3 is 0.782 bits per heavy atom. The second-order valence-electron chi connectivity index (χ2n) is 33.5. The Labute approximate surface area is 718 Å². The highest BCUT2D eigenvalue weighted by Crippen LogP contribution is 2.54. The third-order valence-electron chi connectivity index (χ3n) is 24.7. The lowest BCUT2D eigenvalue weighted by Crippen LogP contribution is -2.30. The van der Waals surface area contributed by atoms with Gasteiger partial charge in [0.25, 0.3) is 0 Å². The van der Waals surface area contributed by atoms with E-state index < -0.39 is 38.2 Å². The van der Waals surface area contributed by atoms with Gasteiger partial charge in [-0.3, -0.25) is 19.9 Å². The maximum absolute atomic E-state index is 13.4. The Bertz CT molecular complexity index is 6990. The summed E-state index contributed by atoms with van der Waals surface area (Å²) in [6.07, 6.45) is 15.0. The second kappa shape index (κ2) is 30.4. The molecule has 0 bridgehead atoms. The lowest BCUT2D eigenvalue weighted by atomic mass is 9.83. The van der Waals surface area contributed by atoms with Crippen molar-refractivity contribution in [2.24, 2.45) is 28.2 Å². The SMILES string of the molecule is Cc1cc2c(cc1-c1cc(-c3ccc(F)cc3)cc[n+]1C)-c1cccnc1C2(C)C.Cc1ccc(-c2cc[n+](C)c(-c3cc4c(cc3C)C(C)(C)c3ncccc3-4)c2)cc1.[2H]C([2H])([2H])C1(C([2H])([2H])[2H])c2cc(C)c(-c3cc(-c4ccc(C)cc4)cc[n+]3C)cc2-c2cccnc21.[2H]C([2H])([2H])C1(C([2H])([2H])[2H])c2cc(C)c(-c3cc(-c4ccccc4)cc[n+]3C)cc2-c2cccnc21. The largest absolute Gasteiger partial charge is 0.260 e. The Kier molecular flexibility index (Phi) is 16.6. The van der Waals surface area contributed by atoms with Gasteiger partial charge in [-0.05, 0) is 213 Å². The van der Waals surface area contributed by atoms with Gasteiger partial charge >= 0.3 is 0 Å². The lowest BCUT2D eigenvalue weighted by molar-refractivity contribution is -0.660. The Morgan fingerprint density at radius 2 is 0.504 bits per heavy atom. The number of nitrogens with zero attached hydrogens (tertiary/aromatic N) is 8. The first-order chi connectivity index (χ1) is 62.0. The van der Waals surface area contributed by atoms with Gasteiger partial charge in [-0.1, -0.05) is 206 Å². The number of fused-ring (bicyclic) bond motifs is 12. The number of benzene rings is 8. The lowest BCUT2D eigenvalue weighted by Gasteiger charge is -2.21. The van der Waals surface area contributed by atoms with Gasteiger partial charge in [0, 0.05) is 156 Å². The molecule has 586 valence electrons. The summed E-state index contributed by atoms with van der Waals surface area (Å²) >= 11 is 0. The number of halogens is 1. The van der Waals surface area contributed by atoms with Crippen molar-refractivity contribution in [2.75, 3.05) is 0 Å². The van der Waals surface area contributed by atoms with Crippen molar-refractivity contribution in [3.05, 3.63) is 383 Å². The molecule has 0 aliphatic heterocycles. The predicted molar refractivity (Wildman–Crippen MR) is 484 cm³/mol. The molecule has 8 nitrogen and oxygen atoms in total. The standard InChI is InChI=1S/2C28H27N2.C27H24FN2.C27H25N2/c2*1-18-8-10-20(11-9-18)21-12-14-30(5)26(16-21)23-17-24-22-7-6-13-29-27(22)28(3,4)25(24)15-19(23)2;1-17-14-24-23(21-6-5-12-29-26(21)27(24,2)3)16-22(17)25-15-19(11-13-30(25)4)18-7-9-20(28)10-8-18;1-18-15-24-23(21-11-8-13-28-26(21)27(24,2)3)17-22(18)25-16-20(12-14-29(25)4)19-9-6-5-7-10-19/h2*6-17H,1-5H3;5-16H,1-4H3;5-17H,1-4H3/q4*+1/i3D3,4D3;;;2D3,3D3. The van der Waals surface area contributed by atoms with E-state index in [4.69, 9.17) is 26.4 Å². The summed E-state index contributed by atoms with van der Waals surface area (Å²) < 4.78 is 122. The molecule has 8 heterocycles. The van der Waals surface area contributed by atoms with Gasteiger partial charge in [0.05, 0.1) is 22.8 Å². The summed E-state index contributed by atoms with van der Waals surface area (Å²) in [4.78, 5) is 18.1. The first-order valence-electron chi connectivity index (χ1n) is 46.4. The van der Waals surface area contributed by atoms with Crippen LogP contribution < -0.4 is 18.3 Å². The van der Waals surface area contributed by atoms with Crippen LogP contribution in [0.2, 0.25) is 0 Å². The molecule has 0 spiro atoms. The molecular formula is C110H103FN8+4. The number of rotatable bonds is 8. The molecular weight excluding hydrogens is 1450 g/mol. The molecule has 119 heavy (non-hydrogen) atoms. The number of hydrogen-bond acceptors (Lipinski definition) is 4. The van der Waals surface area contributed by atoms with Crippen molar-refractivity contribution in [3.63, 3.8) is 0 Å². The van der Waals surface area contributed by atoms with Crippen molar-refractivity contribution in [3.8, 4) is 134 Å². The molecule has 4 aliphatic carbocycles. The van der Waals surface area contributed by atoms with Gasteiger partial charge < -0.3 is 0 Å². The van der Waals surface area contributed by atoms with Crippen LogP contribution in [-0.2, 0) is 49.9 Å². The summed E-state index contributed by atoms with van der Waals surface area (Å²) in [5.74, 6) is -0.218. The molecule has 8 aromatic carbocycles. The van der Waals surface area contributed by atoms with Crippen LogP contribution in [0.4, 0.5) is 4.39 Å². The molecule has 0 saturated carbocycles. The maximum Gasteiger partial charge on any atom is 0.213 e. The van der Waals surface area contributed by atoms with E-state index in [9.17, 15) is 4.39 Å². The summed E-state index contributed by atoms with van der Waals surface area (Å²) in [7, 11) is 8.11. The predicted octanol–water partition coefficient (Wildman–Crippen LogP) is 24.2. The van der Waals surface area contributed by atoms with E-state index in [1.54, 1.807) is 36.4 Å². The minimum absolute atomic E-state index is 0.0683. The van der Waals surface area contributed by atoms with Crippen LogP contribution in [0.3, 0.4) is 0 Å². The molecule has 0 fully saturated rings. The topological polar surface area (TPSA) is 67.1 Å². The molecule has 4 aliphatic rings. The molecule has 0 amide bonds. The third-order valence-corrected chi connectivity index (χ3v) is 24.7. The minimum atomic E-state index is -2.82. The highest BCUT2D eigenvalue weighted by Gasteiger charge is 2.42. The first-order valence-corrected chi connectivity index (χ1v) is 40.4. The monoisotopic (exact) mass is 1570 g/mol. The van der Waals surface area contributed by atoms with Crippen molar-refractivity contribution < 1.29 is 39.1 Å². The van der Waals surface area contributed by atoms with Gasteiger partial charge in [0.1, 0.15) is 34.0 Å². The van der Waals surface area contributed by atoms with E-state index in [1.807, 2.05) is 116 Å². The van der Waals surface area contributed by atoms with Crippen LogP contribution in [0.5, 0.6) is 0 Å². The molecule has 8 aromatic heterocycles. The van der Waals surface area contributed by atoms with Crippen molar-refractivity contribution in [2.45, 2.75) is 118 Å². The van der Waals surface area contributed by atoms with E-state index in [0.717, 1.165) is 78.4 Å². The van der Waals surface area contributed by atoms with Crippen LogP contribution in [-0.4, -0.2) is 19.9 Å². The zero-order valence-corrected chi connectivity index (χ0v) is 69.7. The van der Waals surface area contributed by atoms with Gasteiger partial charge in [0.15, 0.2) is 24.8 Å². The number of pyridine rings is 8. The molecule has 9 heteroatoms. The van der Waals surface area contributed by atoms with E-state index >= 15 is 0 Å². The van der Waals surface area contributed by atoms with E-state index in [0.29, 0.717) is 22.3 Å². The molecule has 20 rings (SSSR count). The third kappa shape index (κ3) is 14.1. The number of aryl methyl sites for hydroxylation is 10. The van der Waals surface area contributed by atoms with Crippen LogP contribution in [0.25, 0.3) is 134 Å². The zero-order chi connectivity index (χ0) is 93.3. The van der Waals surface area contributed by atoms with Crippen LogP contribution in [0.1, 0.15) is 150 Å². The highest BCUT2D eigenvalue weighted by molar-refractivity contribution is 5.89. The first kappa shape index (κ1) is 65.0. The molecule has 0 unspecified atom stereocenters. The van der Waals surface area contributed by atoms with Gasteiger partial charge in [-0.2, -0.15) is 0 Å². The van der Waals surface area contributed by atoms with Crippen molar-refractivity contribution >= 4 is 0 Å². The van der Waals surface area contributed by atoms with E-state index in [2.05, 4.69) is 247 Å². The summed E-state index contributed by atoms with van der Waals surface area (Å²) in [5.41, 5.74) is 32.6. The van der Waals surface area contributed by atoms with Crippen LogP contribution in [0, 0.1) is 47.4 Å².